The van der Waals surface area contributed by atoms with Gasteiger partial charge >= 0.3 is 5.97 Å². The molecule has 2 N–H and O–H groups in total. The molecule has 2 aliphatic carbocycles. The van der Waals surface area contributed by atoms with Crippen molar-refractivity contribution in [1.29, 1.82) is 0 Å². The van der Waals surface area contributed by atoms with E-state index < -0.39 is 5.97 Å². The largest absolute Gasteiger partial charge is 0.480 e. The van der Waals surface area contributed by atoms with Gasteiger partial charge in [0.05, 0.1) is 0 Å². The second kappa shape index (κ2) is 6.18. The van der Waals surface area contributed by atoms with E-state index in [4.69, 9.17) is 5.11 Å². The number of carbonyl (C=O) groups excluding carboxylic acids is 1. The maximum Gasteiger partial charge on any atom is 0.323 e. The number of nitrogens with one attached hydrogen (secondary N) is 1. The molecule has 0 bridgehead atoms. The van der Waals surface area contributed by atoms with E-state index in [2.05, 4.69) is 5.32 Å². The summed E-state index contributed by atoms with van der Waals surface area (Å²) in [4.78, 5) is 24.5. The molecule has 0 aromatic carbocycles. The van der Waals surface area contributed by atoms with Gasteiger partial charge < -0.3 is 15.3 Å². The van der Waals surface area contributed by atoms with E-state index in [1.165, 1.54) is 12.8 Å². The van der Waals surface area contributed by atoms with Crippen LogP contribution in [0, 0.1) is 0 Å². The van der Waals surface area contributed by atoms with Crippen molar-refractivity contribution in [2.45, 2.75) is 57.0 Å². The lowest BCUT2D eigenvalue weighted by Gasteiger charge is -2.27. The highest BCUT2D eigenvalue weighted by Crippen LogP contribution is 2.24. The molecule has 102 valence electrons. The van der Waals surface area contributed by atoms with Crippen LogP contribution in [0.3, 0.4) is 0 Å². The molecule has 0 saturated heterocycles. The Morgan fingerprint density at radius 2 is 1.83 bits per heavy atom. The van der Waals surface area contributed by atoms with Crippen LogP contribution in [0.15, 0.2) is 0 Å². The van der Waals surface area contributed by atoms with Gasteiger partial charge in [-0.15, -0.1) is 0 Å². The van der Waals surface area contributed by atoms with Crippen molar-refractivity contribution in [3.63, 3.8) is 0 Å². The number of carboxylic acid groups (broad SMARTS) is 1. The zero-order chi connectivity index (χ0) is 13.0. The van der Waals surface area contributed by atoms with Crippen molar-refractivity contribution < 1.29 is 14.7 Å². The van der Waals surface area contributed by atoms with E-state index in [0.29, 0.717) is 19.0 Å². The van der Waals surface area contributed by atoms with Gasteiger partial charge in [-0.1, -0.05) is 12.8 Å². The molecule has 0 aromatic rings. The third kappa shape index (κ3) is 3.98. The molecule has 5 heteroatoms. The van der Waals surface area contributed by atoms with Crippen molar-refractivity contribution in [3.05, 3.63) is 0 Å². The topological polar surface area (TPSA) is 69.6 Å². The van der Waals surface area contributed by atoms with Crippen LogP contribution in [0.1, 0.15) is 44.9 Å². The summed E-state index contributed by atoms with van der Waals surface area (Å²) in [7, 11) is 0. The van der Waals surface area contributed by atoms with Crippen LogP contribution in [0.25, 0.3) is 0 Å². The van der Waals surface area contributed by atoms with Gasteiger partial charge in [-0.25, -0.2) is 0 Å². The maximum atomic E-state index is 12.1. The van der Waals surface area contributed by atoms with Gasteiger partial charge in [0, 0.05) is 25.0 Å². The van der Waals surface area contributed by atoms with Gasteiger partial charge in [0.25, 0.3) is 0 Å². The average Bonchev–Trinajstić information content (AvgIpc) is 2.98. The Morgan fingerprint density at radius 1 is 1.17 bits per heavy atom. The highest BCUT2D eigenvalue weighted by atomic mass is 16.4. The lowest BCUT2D eigenvalue weighted by molar-refractivity contribution is -0.146. The summed E-state index contributed by atoms with van der Waals surface area (Å²) in [5.41, 5.74) is 0. The molecule has 0 aliphatic heterocycles. The molecule has 2 aliphatic rings. The van der Waals surface area contributed by atoms with Crippen molar-refractivity contribution in [3.8, 4) is 0 Å². The van der Waals surface area contributed by atoms with Crippen molar-refractivity contribution >= 4 is 11.9 Å². The van der Waals surface area contributed by atoms with Gasteiger partial charge in [-0.05, 0) is 25.7 Å². The Kier molecular flexibility index (Phi) is 4.58. The first kappa shape index (κ1) is 13.3. The molecule has 0 heterocycles. The summed E-state index contributed by atoms with van der Waals surface area (Å²) in [6, 6.07) is 0.742. The van der Waals surface area contributed by atoms with Crippen LogP contribution in [-0.4, -0.2) is 47.1 Å². The Morgan fingerprint density at radius 3 is 2.39 bits per heavy atom. The maximum absolute atomic E-state index is 12.1. The molecule has 0 aromatic heterocycles. The summed E-state index contributed by atoms with van der Waals surface area (Å²) in [6.45, 7) is 0.527. The van der Waals surface area contributed by atoms with Crippen molar-refractivity contribution in [2.75, 3.05) is 13.1 Å². The van der Waals surface area contributed by atoms with Crippen LogP contribution in [0.5, 0.6) is 0 Å². The van der Waals surface area contributed by atoms with Crippen LogP contribution in [-0.2, 0) is 9.59 Å². The van der Waals surface area contributed by atoms with E-state index in [0.717, 1.165) is 25.7 Å². The smallest absolute Gasteiger partial charge is 0.323 e. The summed E-state index contributed by atoms with van der Waals surface area (Å²) in [5, 5.41) is 12.2. The number of hydrogen-bond donors (Lipinski definition) is 2. The van der Waals surface area contributed by atoms with E-state index in [9.17, 15) is 9.59 Å². The zero-order valence-electron chi connectivity index (χ0n) is 10.7. The van der Waals surface area contributed by atoms with Gasteiger partial charge in [0.1, 0.15) is 6.54 Å². The van der Waals surface area contributed by atoms with E-state index in [-0.39, 0.29) is 18.5 Å². The molecule has 5 nitrogen and oxygen atoms in total. The minimum absolute atomic E-state index is 0.0162. The molecule has 2 saturated carbocycles. The molecule has 2 rings (SSSR count). The summed E-state index contributed by atoms with van der Waals surface area (Å²) < 4.78 is 0. The monoisotopic (exact) mass is 254 g/mol. The van der Waals surface area contributed by atoms with Gasteiger partial charge in [0.2, 0.25) is 5.91 Å². The lowest BCUT2D eigenvalue weighted by atomic mass is 10.2. The number of carboxylic acids is 1. The number of rotatable bonds is 7. The SMILES string of the molecule is O=C(O)CN(C(=O)CCNC1CC1)C1CCCC1. The first-order valence-electron chi connectivity index (χ1n) is 6.91. The van der Waals surface area contributed by atoms with Crippen molar-refractivity contribution in [2.24, 2.45) is 0 Å². The quantitative estimate of drug-likeness (QED) is 0.710. The third-order valence-electron chi connectivity index (χ3n) is 3.74. The number of hydrogen-bond acceptors (Lipinski definition) is 3. The Bertz CT molecular complexity index is 309. The number of carbonyl (C=O) groups is 2. The first-order chi connectivity index (χ1) is 8.66. The minimum Gasteiger partial charge on any atom is -0.480 e. The van der Waals surface area contributed by atoms with Crippen LogP contribution >= 0.6 is 0 Å². The fraction of sp³-hybridized carbons (Fsp3) is 0.846. The van der Waals surface area contributed by atoms with Crippen LogP contribution in [0.4, 0.5) is 0 Å². The second-order valence-corrected chi connectivity index (χ2v) is 5.33. The summed E-state index contributed by atoms with van der Waals surface area (Å²) in [5.74, 6) is -0.928. The summed E-state index contributed by atoms with van der Waals surface area (Å²) in [6.07, 6.45) is 6.94. The highest BCUT2D eigenvalue weighted by molar-refractivity contribution is 5.81. The number of amides is 1. The Labute approximate surface area is 108 Å². The predicted octanol–water partition coefficient (Wildman–Crippen LogP) is 0.984. The Balaban J connectivity index is 1.80. The first-order valence-corrected chi connectivity index (χ1v) is 6.91. The highest BCUT2D eigenvalue weighted by Gasteiger charge is 2.28. The van der Waals surface area contributed by atoms with E-state index >= 15 is 0 Å². The second-order valence-electron chi connectivity index (χ2n) is 5.33. The molecule has 2 fully saturated rings. The van der Waals surface area contributed by atoms with Gasteiger partial charge in [0.15, 0.2) is 0 Å². The molecular weight excluding hydrogens is 232 g/mol. The fourth-order valence-corrected chi connectivity index (χ4v) is 2.60. The van der Waals surface area contributed by atoms with Crippen LogP contribution in [0.2, 0.25) is 0 Å². The van der Waals surface area contributed by atoms with E-state index in [1.54, 1.807) is 4.90 Å². The lowest BCUT2D eigenvalue weighted by Crippen LogP contribution is -2.43. The van der Waals surface area contributed by atoms with E-state index in [1.807, 2.05) is 0 Å². The average molecular weight is 254 g/mol. The molecule has 0 radical (unpaired) electrons. The molecule has 0 unspecified atom stereocenters. The molecule has 0 atom stereocenters. The third-order valence-corrected chi connectivity index (χ3v) is 3.74. The standard InChI is InChI=1S/C13H22N2O3/c16-12(7-8-14-10-5-6-10)15(9-13(17)18)11-3-1-2-4-11/h10-11,14H,1-9H2,(H,17,18). The summed E-state index contributed by atoms with van der Waals surface area (Å²) >= 11 is 0. The molecular formula is C13H22N2O3. The molecule has 0 spiro atoms. The Hall–Kier alpha value is -1.10. The zero-order valence-corrected chi connectivity index (χ0v) is 10.7. The normalized spacial score (nSPS) is 20.0. The van der Waals surface area contributed by atoms with Crippen LogP contribution < -0.4 is 5.32 Å². The molecule has 18 heavy (non-hydrogen) atoms. The molecule has 1 amide bonds. The van der Waals surface area contributed by atoms with Gasteiger partial charge in [-0.3, -0.25) is 9.59 Å². The van der Waals surface area contributed by atoms with Crippen molar-refractivity contribution in [1.82, 2.24) is 10.2 Å². The van der Waals surface area contributed by atoms with Gasteiger partial charge in [-0.2, -0.15) is 0 Å². The number of nitrogens with zero attached hydrogens (tertiary/aromatic N) is 1. The number of aliphatic carboxylic acids is 1. The predicted molar refractivity (Wildman–Crippen MR) is 67.2 cm³/mol. The minimum atomic E-state index is -0.912. The fourth-order valence-electron chi connectivity index (χ4n) is 2.60.